The van der Waals surface area contributed by atoms with Crippen LogP contribution in [0, 0.1) is 0 Å². The maximum absolute atomic E-state index is 12.5. The Balaban J connectivity index is 1.50. The van der Waals surface area contributed by atoms with Crippen molar-refractivity contribution in [2.75, 3.05) is 25.0 Å². The fraction of sp³-hybridized carbons (Fsp3) is 0.421. The van der Waals surface area contributed by atoms with Gasteiger partial charge < -0.3 is 20.3 Å². The molecule has 3 rings (SSSR count). The molecule has 1 fully saturated rings. The van der Waals surface area contributed by atoms with Crippen LogP contribution in [0.15, 0.2) is 36.9 Å². The van der Waals surface area contributed by atoms with Gasteiger partial charge in [-0.2, -0.15) is 0 Å². The van der Waals surface area contributed by atoms with Crippen molar-refractivity contribution in [3.8, 4) is 0 Å². The molecule has 0 unspecified atom stereocenters. The van der Waals surface area contributed by atoms with Crippen LogP contribution in [0.1, 0.15) is 35.8 Å². The standard InChI is InChI=1S/C19H24N6O3/c1-2-28-19(27)25-9-5-15(6-10-25)24-18(26)16-11-17(23-13-22-16)21-12-14-3-7-20-8-4-14/h3-4,7-8,11,13,15H,2,5-6,9-10,12H2,1H3,(H,24,26)(H,21,22,23). The van der Waals surface area contributed by atoms with E-state index < -0.39 is 0 Å². The van der Waals surface area contributed by atoms with Gasteiger partial charge in [-0.25, -0.2) is 14.8 Å². The third-order valence-corrected chi connectivity index (χ3v) is 4.48. The number of carbonyl (C=O) groups excluding carboxylic acids is 2. The Kier molecular flexibility index (Phi) is 6.72. The number of ether oxygens (including phenoxy) is 1. The van der Waals surface area contributed by atoms with Crippen molar-refractivity contribution in [1.82, 2.24) is 25.2 Å². The van der Waals surface area contributed by atoms with E-state index in [0.29, 0.717) is 50.6 Å². The molecule has 0 aliphatic carbocycles. The van der Waals surface area contributed by atoms with Crippen molar-refractivity contribution in [3.63, 3.8) is 0 Å². The lowest BCUT2D eigenvalue weighted by Gasteiger charge is -2.31. The fourth-order valence-electron chi connectivity index (χ4n) is 2.95. The molecule has 0 spiro atoms. The molecule has 0 atom stereocenters. The molecule has 1 aliphatic rings. The van der Waals surface area contributed by atoms with E-state index in [-0.39, 0.29) is 18.0 Å². The van der Waals surface area contributed by atoms with Crippen LogP contribution in [-0.2, 0) is 11.3 Å². The SMILES string of the molecule is CCOC(=O)N1CCC(NC(=O)c2cc(NCc3ccncc3)ncn2)CC1. The summed E-state index contributed by atoms with van der Waals surface area (Å²) < 4.78 is 5.01. The van der Waals surface area contributed by atoms with Gasteiger partial charge in [-0.3, -0.25) is 9.78 Å². The summed E-state index contributed by atoms with van der Waals surface area (Å²) in [7, 11) is 0. The van der Waals surface area contributed by atoms with Gasteiger partial charge in [0.15, 0.2) is 0 Å². The largest absolute Gasteiger partial charge is 0.450 e. The maximum atomic E-state index is 12.5. The second-order valence-corrected chi connectivity index (χ2v) is 6.43. The smallest absolute Gasteiger partial charge is 0.409 e. The third kappa shape index (κ3) is 5.38. The Morgan fingerprint density at radius 1 is 1.21 bits per heavy atom. The van der Waals surface area contributed by atoms with E-state index in [1.54, 1.807) is 30.3 Å². The number of rotatable bonds is 6. The van der Waals surface area contributed by atoms with Gasteiger partial charge in [-0.15, -0.1) is 0 Å². The van der Waals surface area contributed by atoms with E-state index in [1.165, 1.54) is 6.33 Å². The van der Waals surface area contributed by atoms with E-state index in [9.17, 15) is 9.59 Å². The summed E-state index contributed by atoms with van der Waals surface area (Å²) in [6.07, 6.45) is 5.89. The summed E-state index contributed by atoms with van der Waals surface area (Å²) in [6.45, 7) is 3.85. The molecular formula is C19H24N6O3. The first-order valence-electron chi connectivity index (χ1n) is 9.33. The molecule has 0 aromatic carbocycles. The maximum Gasteiger partial charge on any atom is 0.409 e. The molecule has 9 heteroatoms. The van der Waals surface area contributed by atoms with E-state index in [1.807, 2.05) is 12.1 Å². The molecule has 28 heavy (non-hydrogen) atoms. The molecule has 2 amide bonds. The lowest BCUT2D eigenvalue weighted by Crippen LogP contribution is -2.46. The van der Waals surface area contributed by atoms with Crippen LogP contribution >= 0.6 is 0 Å². The number of nitrogens with one attached hydrogen (secondary N) is 2. The summed E-state index contributed by atoms with van der Waals surface area (Å²) in [5, 5.41) is 6.16. The minimum absolute atomic E-state index is 0.00127. The Bertz CT molecular complexity index is 793. The quantitative estimate of drug-likeness (QED) is 0.782. The fourth-order valence-corrected chi connectivity index (χ4v) is 2.95. The molecule has 0 radical (unpaired) electrons. The highest BCUT2D eigenvalue weighted by atomic mass is 16.6. The number of carbonyl (C=O) groups is 2. The second kappa shape index (κ2) is 9.63. The minimum atomic E-state index is -0.298. The van der Waals surface area contributed by atoms with Crippen molar-refractivity contribution >= 4 is 17.8 Å². The van der Waals surface area contributed by atoms with E-state index in [0.717, 1.165) is 5.56 Å². The molecule has 0 bridgehead atoms. The average molecular weight is 384 g/mol. The molecule has 2 N–H and O–H groups in total. The monoisotopic (exact) mass is 384 g/mol. The highest BCUT2D eigenvalue weighted by molar-refractivity contribution is 5.93. The predicted molar refractivity (Wildman–Crippen MR) is 103 cm³/mol. The zero-order valence-electron chi connectivity index (χ0n) is 15.8. The van der Waals surface area contributed by atoms with Gasteiger partial charge in [0, 0.05) is 44.1 Å². The summed E-state index contributed by atoms with van der Waals surface area (Å²) in [4.78, 5) is 38.1. The number of hydrogen-bond acceptors (Lipinski definition) is 7. The average Bonchev–Trinajstić information content (AvgIpc) is 2.74. The molecule has 9 nitrogen and oxygen atoms in total. The number of aromatic nitrogens is 3. The molecule has 2 aromatic heterocycles. The van der Waals surface area contributed by atoms with Crippen LogP contribution < -0.4 is 10.6 Å². The Hall–Kier alpha value is -3.23. The first-order chi connectivity index (χ1) is 13.7. The topological polar surface area (TPSA) is 109 Å². The molecule has 3 heterocycles. The van der Waals surface area contributed by atoms with Crippen molar-refractivity contribution in [3.05, 3.63) is 48.2 Å². The van der Waals surface area contributed by atoms with Crippen molar-refractivity contribution < 1.29 is 14.3 Å². The van der Waals surface area contributed by atoms with Crippen molar-refractivity contribution in [2.45, 2.75) is 32.4 Å². The first-order valence-corrected chi connectivity index (χ1v) is 9.33. The Labute approximate surface area is 163 Å². The third-order valence-electron chi connectivity index (χ3n) is 4.48. The molecule has 0 saturated carbocycles. The molecular weight excluding hydrogens is 360 g/mol. The normalized spacial score (nSPS) is 14.4. The van der Waals surface area contributed by atoms with Crippen LogP contribution in [0.2, 0.25) is 0 Å². The number of hydrogen-bond donors (Lipinski definition) is 2. The van der Waals surface area contributed by atoms with Gasteiger partial charge in [0.25, 0.3) is 5.91 Å². The Morgan fingerprint density at radius 2 is 1.96 bits per heavy atom. The zero-order chi connectivity index (χ0) is 19.8. The number of piperidine rings is 1. The number of pyridine rings is 1. The minimum Gasteiger partial charge on any atom is -0.450 e. The first kappa shape index (κ1) is 19.5. The van der Waals surface area contributed by atoms with E-state index in [2.05, 4.69) is 25.6 Å². The van der Waals surface area contributed by atoms with Gasteiger partial charge >= 0.3 is 6.09 Å². The van der Waals surface area contributed by atoms with Crippen LogP contribution in [0.5, 0.6) is 0 Å². The highest BCUT2D eigenvalue weighted by Crippen LogP contribution is 2.13. The molecule has 1 saturated heterocycles. The molecule has 2 aromatic rings. The van der Waals surface area contributed by atoms with E-state index >= 15 is 0 Å². The van der Waals surface area contributed by atoms with Crippen LogP contribution in [0.3, 0.4) is 0 Å². The summed E-state index contributed by atoms with van der Waals surface area (Å²) in [5.74, 6) is 0.332. The zero-order valence-corrected chi connectivity index (χ0v) is 15.8. The van der Waals surface area contributed by atoms with Gasteiger partial charge in [-0.05, 0) is 37.5 Å². The van der Waals surface area contributed by atoms with Gasteiger partial charge in [0.1, 0.15) is 17.8 Å². The number of amides is 2. The second-order valence-electron chi connectivity index (χ2n) is 6.43. The lowest BCUT2D eigenvalue weighted by atomic mass is 10.1. The number of likely N-dealkylation sites (tertiary alicyclic amines) is 1. The molecule has 148 valence electrons. The van der Waals surface area contributed by atoms with Gasteiger partial charge in [-0.1, -0.05) is 0 Å². The summed E-state index contributed by atoms with van der Waals surface area (Å²) in [5.41, 5.74) is 1.37. The summed E-state index contributed by atoms with van der Waals surface area (Å²) in [6, 6.07) is 5.44. The van der Waals surface area contributed by atoms with Crippen LogP contribution in [0.4, 0.5) is 10.6 Å². The van der Waals surface area contributed by atoms with Crippen LogP contribution in [-0.4, -0.2) is 57.6 Å². The number of nitrogens with zero attached hydrogens (tertiary/aromatic N) is 4. The molecule has 1 aliphatic heterocycles. The lowest BCUT2D eigenvalue weighted by molar-refractivity contribution is 0.0856. The Morgan fingerprint density at radius 3 is 2.68 bits per heavy atom. The summed E-state index contributed by atoms with van der Waals surface area (Å²) >= 11 is 0. The van der Waals surface area contributed by atoms with Crippen molar-refractivity contribution in [1.29, 1.82) is 0 Å². The number of anilines is 1. The van der Waals surface area contributed by atoms with Crippen molar-refractivity contribution in [2.24, 2.45) is 0 Å². The van der Waals surface area contributed by atoms with Gasteiger partial charge in [0.2, 0.25) is 0 Å². The predicted octanol–water partition coefficient (Wildman–Crippen LogP) is 1.83. The van der Waals surface area contributed by atoms with Crippen LogP contribution in [0.25, 0.3) is 0 Å². The van der Waals surface area contributed by atoms with Gasteiger partial charge in [0.05, 0.1) is 6.61 Å². The van der Waals surface area contributed by atoms with E-state index in [4.69, 9.17) is 4.74 Å². The highest BCUT2D eigenvalue weighted by Gasteiger charge is 2.25.